The Hall–Kier alpha value is -4.92. The van der Waals surface area contributed by atoms with Gasteiger partial charge in [0.1, 0.15) is 26.2 Å². The molecule has 412 valence electrons. The Kier molecular flexibility index (Phi) is 19.7. The van der Waals surface area contributed by atoms with Crippen molar-refractivity contribution in [2.24, 2.45) is 0 Å². The number of unbranched alkanes of at least 4 members (excludes halogenated alkanes) is 16. The van der Waals surface area contributed by atoms with Crippen LogP contribution in [0.4, 0.5) is 0 Å². The van der Waals surface area contributed by atoms with Gasteiger partial charge in [0.2, 0.25) is 0 Å². The lowest BCUT2D eigenvalue weighted by atomic mass is 9.70. The summed E-state index contributed by atoms with van der Waals surface area (Å²) in [4.78, 5) is 0. The van der Waals surface area contributed by atoms with Crippen molar-refractivity contribution in [3.63, 3.8) is 0 Å². The van der Waals surface area contributed by atoms with Gasteiger partial charge in [0.15, 0.2) is 22.1 Å². The van der Waals surface area contributed by atoms with Crippen LogP contribution in [0.5, 0.6) is 0 Å². The second kappa shape index (κ2) is 26.6. The van der Waals surface area contributed by atoms with Crippen molar-refractivity contribution in [2.45, 2.75) is 219 Å². The van der Waals surface area contributed by atoms with Crippen molar-refractivity contribution in [3.05, 3.63) is 166 Å². The molecule has 0 N–H and O–H groups in total. The molecular formula is C70H88Br2N6. The van der Waals surface area contributed by atoms with Gasteiger partial charge in [-0.25, -0.2) is 0 Å². The quantitative estimate of drug-likeness (QED) is 0.0447. The molecule has 0 saturated heterocycles. The first kappa shape index (κ1) is 57.8. The van der Waals surface area contributed by atoms with Crippen molar-refractivity contribution in [1.82, 2.24) is 19.8 Å². The van der Waals surface area contributed by atoms with Crippen LogP contribution in [0.25, 0.3) is 44.3 Å². The van der Waals surface area contributed by atoms with Crippen LogP contribution in [0.1, 0.15) is 226 Å². The third kappa shape index (κ3) is 11.7. The van der Waals surface area contributed by atoms with E-state index in [9.17, 15) is 0 Å². The van der Waals surface area contributed by atoms with E-state index in [0.29, 0.717) is 0 Å². The maximum atomic E-state index is 5.54. The van der Waals surface area contributed by atoms with Crippen LogP contribution in [-0.4, -0.2) is 19.8 Å². The zero-order valence-electron chi connectivity index (χ0n) is 47.8. The summed E-state index contributed by atoms with van der Waals surface area (Å²) < 4.78 is 9.20. The topological polar surface area (TPSA) is 43.4 Å². The molecule has 0 radical (unpaired) electrons. The van der Waals surface area contributed by atoms with Crippen molar-refractivity contribution in [3.8, 4) is 22.3 Å². The predicted octanol–water partition coefficient (Wildman–Crippen LogP) is 11.5. The third-order valence-corrected chi connectivity index (χ3v) is 18.4. The molecule has 0 fully saturated rings. The monoisotopic (exact) mass is 1170 g/mol. The number of fused-ring (bicyclic) bond motifs is 16. The average molecular weight is 1170 g/mol. The van der Waals surface area contributed by atoms with Gasteiger partial charge in [-0.1, -0.05) is 253 Å². The fourth-order valence-corrected chi connectivity index (χ4v) is 14.4. The second-order valence-corrected chi connectivity index (χ2v) is 23.7. The average Bonchev–Trinajstić information content (AvgIpc) is 4.35. The van der Waals surface area contributed by atoms with Crippen LogP contribution in [-0.2, 0) is 37.0 Å². The van der Waals surface area contributed by atoms with Gasteiger partial charge >= 0.3 is 0 Å². The lowest BCUT2D eigenvalue weighted by molar-refractivity contribution is -0.724. The van der Waals surface area contributed by atoms with E-state index in [1.807, 2.05) is 0 Å². The molecule has 3 aliphatic rings. The number of para-hydroxylation sites is 4. The van der Waals surface area contributed by atoms with E-state index in [0.717, 1.165) is 26.2 Å². The highest BCUT2D eigenvalue weighted by Gasteiger charge is 2.45. The molecule has 0 saturated carbocycles. The Morgan fingerprint density at radius 1 is 0.359 bits per heavy atom. The summed E-state index contributed by atoms with van der Waals surface area (Å²) in [5.41, 5.74) is 22.0. The Morgan fingerprint density at radius 2 is 0.654 bits per heavy atom. The minimum absolute atomic E-state index is 0. The maximum absolute atomic E-state index is 5.54. The van der Waals surface area contributed by atoms with E-state index in [1.165, 1.54) is 221 Å². The molecule has 3 heterocycles. The number of halogens is 2. The molecule has 8 heteroatoms. The number of hydrogen-bond acceptors (Lipinski definition) is 2. The van der Waals surface area contributed by atoms with Crippen LogP contribution in [0, 0.1) is 0 Å². The first-order valence-corrected chi connectivity index (χ1v) is 30.7. The van der Waals surface area contributed by atoms with Crippen LogP contribution in [0.2, 0.25) is 0 Å². The zero-order valence-corrected chi connectivity index (χ0v) is 51.0. The van der Waals surface area contributed by atoms with Gasteiger partial charge in [0.05, 0.1) is 10.4 Å². The van der Waals surface area contributed by atoms with Gasteiger partial charge in [-0.2, -0.15) is 0 Å². The summed E-state index contributed by atoms with van der Waals surface area (Å²) in [6.07, 6.45) is 30.5. The summed E-state index contributed by atoms with van der Waals surface area (Å²) >= 11 is 0. The Balaban J connectivity index is 0.00000370. The summed E-state index contributed by atoms with van der Waals surface area (Å²) in [5, 5.41) is 11.1. The van der Waals surface area contributed by atoms with Crippen molar-refractivity contribution >= 4 is 22.1 Å². The summed E-state index contributed by atoms with van der Waals surface area (Å²) in [6.45, 7) is 12.3. The smallest absolute Gasteiger partial charge is 0.198 e. The molecule has 0 spiro atoms. The molecule has 11 rings (SSSR count). The molecule has 1 aliphatic heterocycles. The summed E-state index contributed by atoms with van der Waals surface area (Å²) in [7, 11) is 0. The van der Waals surface area contributed by atoms with E-state index < -0.39 is 0 Å². The van der Waals surface area contributed by atoms with E-state index >= 15 is 0 Å². The van der Waals surface area contributed by atoms with Gasteiger partial charge in [-0.05, 0) is 117 Å². The number of rotatable bonds is 24. The molecule has 0 amide bonds. The van der Waals surface area contributed by atoms with Crippen LogP contribution in [0.15, 0.2) is 121 Å². The van der Waals surface area contributed by atoms with E-state index in [2.05, 4.69) is 168 Å². The molecule has 0 atom stereocenters. The zero-order chi connectivity index (χ0) is 51.9. The minimum Gasteiger partial charge on any atom is -1.00 e. The molecule has 0 unspecified atom stereocenters. The highest BCUT2D eigenvalue weighted by atomic mass is 79.9. The number of benzene rings is 6. The molecule has 6 aromatic carbocycles. The van der Waals surface area contributed by atoms with Crippen molar-refractivity contribution in [2.75, 3.05) is 0 Å². The molecule has 6 nitrogen and oxygen atoms in total. The first-order valence-electron chi connectivity index (χ1n) is 30.7. The fraction of sp³-hybridized carbons (Fsp3) is 0.486. The SMILES string of the molecule is CCCCCCCC1(CCCCCCC)c2cc3ccc2-c2ccc(cc21)Cn1n[n+](c2ccccc21)Cc1ccc2c(c1)C(CCCCCCC)(CCCCCCC)c1cc(ccc1-2)C[n+]1nn(c2ccccc21)C3.[Br-].[Br-]. The van der Waals surface area contributed by atoms with E-state index in [1.54, 1.807) is 22.3 Å². The van der Waals surface area contributed by atoms with Crippen LogP contribution in [0.3, 0.4) is 0 Å². The molecular weight excluding hydrogens is 1080 g/mol. The third-order valence-electron chi connectivity index (χ3n) is 18.4. The van der Waals surface area contributed by atoms with Crippen molar-refractivity contribution < 1.29 is 43.3 Å². The Bertz CT molecular complexity index is 2840. The summed E-state index contributed by atoms with van der Waals surface area (Å²) in [5.74, 6) is 0. The molecule has 8 aromatic rings. The minimum atomic E-state index is -0.0404. The van der Waals surface area contributed by atoms with Gasteiger partial charge in [0, 0.05) is 10.8 Å². The van der Waals surface area contributed by atoms with Gasteiger partial charge in [0.25, 0.3) is 0 Å². The van der Waals surface area contributed by atoms with Crippen LogP contribution < -0.4 is 43.3 Å². The fourth-order valence-electron chi connectivity index (χ4n) is 14.4. The first-order chi connectivity index (χ1) is 37.5. The second-order valence-electron chi connectivity index (χ2n) is 23.7. The van der Waals surface area contributed by atoms with E-state index in [4.69, 9.17) is 10.4 Å². The number of aromatic nitrogens is 6. The number of nitrogens with zero attached hydrogens (tertiary/aromatic N) is 6. The number of hydrogen-bond donors (Lipinski definition) is 0. The highest BCUT2D eigenvalue weighted by Crippen LogP contribution is 2.56. The van der Waals surface area contributed by atoms with E-state index in [-0.39, 0.29) is 44.8 Å². The molecule has 12 bridgehead atoms. The summed E-state index contributed by atoms with van der Waals surface area (Å²) in [6, 6.07) is 48.0. The van der Waals surface area contributed by atoms with Gasteiger partial charge < -0.3 is 34.0 Å². The molecule has 2 aromatic heterocycles. The Morgan fingerprint density at radius 3 is 0.987 bits per heavy atom. The Labute approximate surface area is 489 Å². The maximum Gasteiger partial charge on any atom is 0.198 e. The standard InChI is InChI=1S/C70H88N6.2BrH/c1-5-9-13-17-25-41-69(42-26-18-14-10-6-2)61-45-53-33-37-57(61)58-38-34-54(46-62(58)69)50-74-66-30-22-24-32-68(66)76(72-74)52-56-36-40-60-59-39-35-55(51-75-67-31-23-21-29-65(67)73(49-53)71-75)47-63(59)70(64(60)48-56,43-27-19-15-11-7-3)44-28-20-16-12-8-4;;/h21-24,29-40,45-48H,5-20,25-28,41-44,49-52H2,1-4H3;2*1H/q+2;;/p-2. The molecule has 78 heavy (non-hydrogen) atoms. The van der Waals surface area contributed by atoms with Gasteiger partial charge in [-0.15, -0.1) is 18.7 Å². The lowest BCUT2D eigenvalue weighted by Crippen LogP contribution is -3.00. The largest absolute Gasteiger partial charge is 1.00 e. The highest BCUT2D eigenvalue weighted by molar-refractivity contribution is 5.83. The van der Waals surface area contributed by atoms with Gasteiger partial charge in [-0.3, -0.25) is 0 Å². The normalized spacial score (nSPS) is 14.4. The predicted molar refractivity (Wildman–Crippen MR) is 315 cm³/mol. The molecule has 2 aliphatic carbocycles. The van der Waals surface area contributed by atoms with Crippen molar-refractivity contribution in [1.29, 1.82) is 0 Å². The van der Waals surface area contributed by atoms with Crippen LogP contribution >= 0.6 is 0 Å². The lowest BCUT2D eigenvalue weighted by Gasteiger charge is -2.33.